The van der Waals surface area contributed by atoms with E-state index in [1.165, 1.54) is 0 Å². The number of aromatic nitrogens is 6. The van der Waals surface area contributed by atoms with Gasteiger partial charge in [0.05, 0.1) is 12.9 Å². The summed E-state index contributed by atoms with van der Waals surface area (Å²) in [4.78, 5) is 4.01. The van der Waals surface area contributed by atoms with E-state index in [1.54, 1.807) is 18.0 Å². The molecule has 7 nitrogen and oxygen atoms in total. The minimum absolute atomic E-state index is 0.800. The van der Waals surface area contributed by atoms with Crippen molar-refractivity contribution >= 4 is 11.8 Å². The topological polar surface area (TPSA) is 73.5 Å². The molecule has 0 fully saturated rings. The molecule has 8 heteroatoms. The summed E-state index contributed by atoms with van der Waals surface area (Å²) in [7, 11) is 0. The summed E-state index contributed by atoms with van der Waals surface area (Å²) in [6.07, 6.45) is 5.55. The van der Waals surface area contributed by atoms with E-state index >= 15 is 0 Å². The number of hydrogen-bond donors (Lipinski definition) is 1. The maximum Gasteiger partial charge on any atom is 0.209 e. The molecule has 0 saturated carbocycles. The molecular weight excluding hydrogens is 250 g/mol. The van der Waals surface area contributed by atoms with Gasteiger partial charge in [0.1, 0.15) is 0 Å². The predicted molar refractivity (Wildman–Crippen MR) is 69.3 cm³/mol. The van der Waals surface area contributed by atoms with Gasteiger partial charge in [-0.1, -0.05) is 18.7 Å². The van der Waals surface area contributed by atoms with Crippen molar-refractivity contribution in [1.82, 2.24) is 35.1 Å². The molecule has 0 aliphatic rings. The van der Waals surface area contributed by atoms with Crippen molar-refractivity contribution in [3.05, 3.63) is 18.7 Å². The highest BCUT2D eigenvalue weighted by atomic mass is 32.2. The van der Waals surface area contributed by atoms with Crippen LogP contribution in [0.15, 0.2) is 23.9 Å². The molecule has 2 heterocycles. The van der Waals surface area contributed by atoms with Gasteiger partial charge < -0.3 is 9.88 Å². The van der Waals surface area contributed by atoms with Crippen molar-refractivity contribution in [2.45, 2.75) is 25.2 Å². The molecule has 0 bridgehead atoms. The van der Waals surface area contributed by atoms with Crippen LogP contribution in [0.3, 0.4) is 0 Å². The summed E-state index contributed by atoms with van der Waals surface area (Å²) in [5.41, 5.74) is 0. The second-order valence-corrected chi connectivity index (χ2v) is 4.75. The van der Waals surface area contributed by atoms with Crippen LogP contribution in [0.1, 0.15) is 6.92 Å². The first kappa shape index (κ1) is 13.0. The molecule has 0 saturated heterocycles. The van der Waals surface area contributed by atoms with E-state index in [0.29, 0.717) is 0 Å². The van der Waals surface area contributed by atoms with Gasteiger partial charge >= 0.3 is 0 Å². The number of aryl methyl sites for hydroxylation is 1. The average Bonchev–Trinajstić information content (AvgIpc) is 3.02. The maximum absolute atomic E-state index is 4.03. The van der Waals surface area contributed by atoms with Crippen LogP contribution in [0.2, 0.25) is 0 Å². The Bertz CT molecular complexity index is 439. The fraction of sp³-hybridized carbons (Fsp3) is 0.600. The van der Waals surface area contributed by atoms with Crippen LogP contribution in [0, 0.1) is 0 Å². The third-order valence-electron chi connectivity index (χ3n) is 2.39. The lowest BCUT2D eigenvalue weighted by Crippen LogP contribution is -2.20. The zero-order valence-electron chi connectivity index (χ0n) is 10.4. The molecular formula is C10H17N7S. The monoisotopic (exact) mass is 267 g/mol. The molecule has 98 valence electrons. The molecule has 0 aromatic carbocycles. The van der Waals surface area contributed by atoms with Crippen molar-refractivity contribution in [2.24, 2.45) is 0 Å². The van der Waals surface area contributed by atoms with E-state index in [1.807, 2.05) is 21.8 Å². The third kappa shape index (κ3) is 3.81. The number of nitrogens with one attached hydrogen (secondary N) is 1. The summed E-state index contributed by atoms with van der Waals surface area (Å²) < 4.78 is 3.88. The van der Waals surface area contributed by atoms with E-state index in [4.69, 9.17) is 0 Å². The van der Waals surface area contributed by atoms with E-state index in [0.717, 1.165) is 37.1 Å². The Morgan fingerprint density at radius 1 is 1.39 bits per heavy atom. The lowest BCUT2D eigenvalue weighted by molar-refractivity contribution is 0.517. The van der Waals surface area contributed by atoms with Gasteiger partial charge in [-0.15, -0.1) is 5.10 Å². The fourth-order valence-electron chi connectivity index (χ4n) is 1.46. The standard InChI is InChI=1S/C10H17N7S/c1-2-11-4-6-17-10(13-14-15-17)18-8-7-16-5-3-12-9-16/h3,5,9,11H,2,4,6-8H2,1H3. The lowest BCUT2D eigenvalue weighted by Gasteiger charge is -2.05. The summed E-state index contributed by atoms with van der Waals surface area (Å²) >= 11 is 1.66. The Morgan fingerprint density at radius 2 is 2.33 bits per heavy atom. The largest absolute Gasteiger partial charge is 0.337 e. The number of hydrogen-bond acceptors (Lipinski definition) is 6. The Hall–Kier alpha value is -1.41. The Balaban J connectivity index is 1.76. The first-order valence-electron chi connectivity index (χ1n) is 5.95. The fourth-order valence-corrected chi connectivity index (χ4v) is 2.32. The molecule has 2 aromatic rings. The highest BCUT2D eigenvalue weighted by Gasteiger charge is 2.05. The molecule has 2 rings (SSSR count). The van der Waals surface area contributed by atoms with Gasteiger partial charge in [0.2, 0.25) is 5.16 Å². The number of tetrazole rings is 1. The minimum Gasteiger partial charge on any atom is -0.337 e. The van der Waals surface area contributed by atoms with Crippen LogP contribution in [0.25, 0.3) is 0 Å². The molecule has 0 aliphatic carbocycles. The van der Waals surface area contributed by atoms with Crippen molar-refractivity contribution in [3.8, 4) is 0 Å². The summed E-state index contributed by atoms with van der Waals surface area (Å²) in [5, 5.41) is 15.8. The number of likely N-dealkylation sites (N-methyl/N-ethyl adjacent to an activating group) is 1. The molecule has 2 aromatic heterocycles. The molecule has 0 unspecified atom stereocenters. The third-order valence-corrected chi connectivity index (χ3v) is 3.33. The van der Waals surface area contributed by atoms with Crippen LogP contribution < -0.4 is 5.32 Å². The van der Waals surface area contributed by atoms with Crippen molar-refractivity contribution in [2.75, 3.05) is 18.8 Å². The van der Waals surface area contributed by atoms with Crippen LogP contribution in [0.5, 0.6) is 0 Å². The minimum atomic E-state index is 0.800. The summed E-state index contributed by atoms with van der Waals surface area (Å²) in [6, 6.07) is 0. The van der Waals surface area contributed by atoms with Crippen molar-refractivity contribution in [3.63, 3.8) is 0 Å². The van der Waals surface area contributed by atoms with Crippen molar-refractivity contribution < 1.29 is 0 Å². The quantitative estimate of drug-likeness (QED) is 0.547. The highest BCUT2D eigenvalue weighted by molar-refractivity contribution is 7.99. The van der Waals surface area contributed by atoms with E-state index < -0.39 is 0 Å². The predicted octanol–water partition coefficient (Wildman–Crippen LogP) is 0.271. The second-order valence-electron chi connectivity index (χ2n) is 3.69. The number of thioether (sulfide) groups is 1. The van der Waals surface area contributed by atoms with Crippen molar-refractivity contribution in [1.29, 1.82) is 0 Å². The van der Waals surface area contributed by atoms with Gasteiger partial charge in [0.15, 0.2) is 0 Å². The van der Waals surface area contributed by atoms with Crippen LogP contribution in [-0.4, -0.2) is 48.6 Å². The number of rotatable bonds is 8. The van der Waals surface area contributed by atoms with Gasteiger partial charge in [-0.3, -0.25) is 0 Å². The molecule has 0 aliphatic heterocycles. The van der Waals surface area contributed by atoms with Crippen LogP contribution >= 0.6 is 11.8 Å². The molecule has 0 spiro atoms. The SMILES string of the molecule is CCNCCn1nnnc1SCCn1ccnc1. The van der Waals surface area contributed by atoms with E-state index in [9.17, 15) is 0 Å². The Morgan fingerprint density at radius 3 is 3.11 bits per heavy atom. The van der Waals surface area contributed by atoms with Gasteiger partial charge in [-0.25, -0.2) is 9.67 Å². The van der Waals surface area contributed by atoms with Crippen LogP contribution in [-0.2, 0) is 13.1 Å². The summed E-state index contributed by atoms with van der Waals surface area (Å²) in [5.74, 6) is 0.929. The summed E-state index contributed by atoms with van der Waals surface area (Å²) in [6.45, 7) is 5.64. The first-order chi connectivity index (χ1) is 8.90. The van der Waals surface area contributed by atoms with Gasteiger partial charge in [0, 0.05) is 31.2 Å². The maximum atomic E-state index is 4.03. The smallest absolute Gasteiger partial charge is 0.209 e. The normalized spacial score (nSPS) is 10.9. The average molecular weight is 267 g/mol. The Kier molecular flexibility index (Phi) is 5.15. The molecule has 0 radical (unpaired) electrons. The molecule has 0 atom stereocenters. The zero-order chi connectivity index (χ0) is 12.6. The molecule has 18 heavy (non-hydrogen) atoms. The van der Waals surface area contributed by atoms with E-state index in [-0.39, 0.29) is 0 Å². The second kappa shape index (κ2) is 7.12. The lowest BCUT2D eigenvalue weighted by atomic mass is 10.6. The zero-order valence-corrected chi connectivity index (χ0v) is 11.2. The molecule has 0 amide bonds. The van der Waals surface area contributed by atoms with Crippen LogP contribution in [0.4, 0.5) is 0 Å². The first-order valence-corrected chi connectivity index (χ1v) is 6.94. The van der Waals surface area contributed by atoms with Gasteiger partial charge in [-0.05, 0) is 17.0 Å². The van der Waals surface area contributed by atoms with Gasteiger partial charge in [-0.2, -0.15) is 0 Å². The number of nitrogens with zero attached hydrogens (tertiary/aromatic N) is 6. The molecule has 1 N–H and O–H groups in total. The van der Waals surface area contributed by atoms with Gasteiger partial charge in [0.25, 0.3) is 0 Å². The number of imidazole rings is 1. The highest BCUT2D eigenvalue weighted by Crippen LogP contribution is 2.13. The van der Waals surface area contributed by atoms with E-state index in [2.05, 4.69) is 32.7 Å². The Labute approximate surface area is 110 Å².